The van der Waals surface area contributed by atoms with E-state index in [1.807, 2.05) is 18.2 Å². The summed E-state index contributed by atoms with van der Waals surface area (Å²) in [6.45, 7) is 2.56. The number of fused-ring (bicyclic) bond motifs is 5. The molecule has 4 rings (SSSR count). The third-order valence-electron chi connectivity index (χ3n) is 6.04. The molecular formula is C25H28FN3O2S. The molecule has 32 heavy (non-hydrogen) atoms. The molecule has 168 valence electrons. The van der Waals surface area contributed by atoms with Gasteiger partial charge in [0.05, 0.1) is 16.3 Å². The minimum atomic E-state index is -2.84. The molecular weight excluding hydrogens is 425 g/mol. The monoisotopic (exact) mass is 453 g/mol. The lowest BCUT2D eigenvalue weighted by atomic mass is 9.91. The number of rotatable bonds is 1. The molecule has 2 aromatic carbocycles. The number of ether oxygens (including phenoxy) is 1. The molecule has 5 nitrogen and oxygen atoms in total. The molecule has 1 unspecified atom stereocenters. The highest BCUT2D eigenvalue weighted by molar-refractivity contribution is 7.91. The van der Waals surface area contributed by atoms with Crippen LogP contribution in [0.2, 0.25) is 0 Å². The van der Waals surface area contributed by atoms with Gasteiger partial charge in [-0.3, -0.25) is 0 Å². The summed E-state index contributed by atoms with van der Waals surface area (Å²) in [4.78, 5) is 4.92. The molecule has 0 saturated carbocycles. The molecule has 0 radical (unpaired) electrons. The van der Waals surface area contributed by atoms with E-state index in [-0.39, 0.29) is 11.7 Å². The van der Waals surface area contributed by atoms with Gasteiger partial charge >= 0.3 is 0 Å². The molecule has 1 aliphatic rings. The summed E-state index contributed by atoms with van der Waals surface area (Å²) < 4.78 is 40.4. The number of pyridine rings is 1. The summed E-state index contributed by atoms with van der Waals surface area (Å²) in [5.41, 5.74) is 10.9. The molecule has 2 heterocycles. The van der Waals surface area contributed by atoms with Crippen molar-refractivity contribution in [2.75, 3.05) is 18.6 Å². The Morgan fingerprint density at radius 3 is 2.75 bits per heavy atom. The fourth-order valence-electron chi connectivity index (χ4n) is 4.16. The second-order valence-electron chi connectivity index (χ2n) is 8.50. The van der Waals surface area contributed by atoms with Crippen molar-refractivity contribution < 1.29 is 13.3 Å². The molecule has 3 N–H and O–H groups in total. The van der Waals surface area contributed by atoms with Crippen molar-refractivity contribution in [3.05, 3.63) is 71.2 Å². The number of hydrogen-bond acceptors (Lipinski definition) is 5. The minimum absolute atomic E-state index is 0.0821. The van der Waals surface area contributed by atoms with E-state index < -0.39 is 9.73 Å². The summed E-state index contributed by atoms with van der Waals surface area (Å²) in [6.07, 6.45) is 6.11. The maximum Gasteiger partial charge on any atom is 0.126 e. The van der Waals surface area contributed by atoms with Gasteiger partial charge < -0.3 is 10.5 Å². The Morgan fingerprint density at radius 1 is 1.16 bits per heavy atom. The van der Waals surface area contributed by atoms with Crippen LogP contribution in [-0.4, -0.2) is 22.1 Å². The topological polar surface area (TPSA) is 89.1 Å². The average Bonchev–Trinajstić information content (AvgIpc) is 2.75. The van der Waals surface area contributed by atoms with Crippen molar-refractivity contribution in [2.45, 2.75) is 43.4 Å². The van der Waals surface area contributed by atoms with Crippen LogP contribution in [-0.2, 0) is 22.6 Å². The maximum atomic E-state index is 13.9. The van der Waals surface area contributed by atoms with E-state index in [9.17, 15) is 8.60 Å². The van der Waals surface area contributed by atoms with Gasteiger partial charge in [-0.2, -0.15) is 0 Å². The lowest BCUT2D eigenvalue weighted by Crippen LogP contribution is -2.08. The Morgan fingerprint density at radius 2 is 1.97 bits per heavy atom. The van der Waals surface area contributed by atoms with Gasteiger partial charge in [-0.15, -0.1) is 0 Å². The smallest absolute Gasteiger partial charge is 0.126 e. The van der Waals surface area contributed by atoms with Crippen molar-refractivity contribution in [2.24, 2.45) is 0 Å². The molecule has 0 spiro atoms. The number of nitrogens with one attached hydrogen (secondary N) is 1. The van der Waals surface area contributed by atoms with Crippen molar-refractivity contribution in [1.29, 1.82) is 4.78 Å². The largest absolute Gasteiger partial charge is 0.493 e. The van der Waals surface area contributed by atoms with Gasteiger partial charge in [-0.05, 0) is 90.3 Å². The van der Waals surface area contributed by atoms with Crippen molar-refractivity contribution in [3.63, 3.8) is 0 Å². The Labute approximate surface area is 188 Å². The summed E-state index contributed by atoms with van der Waals surface area (Å²) in [5, 5.41) is 0. The highest BCUT2D eigenvalue weighted by Crippen LogP contribution is 2.34. The predicted octanol–water partition coefficient (Wildman–Crippen LogP) is 5.57. The molecule has 0 saturated heterocycles. The Bertz CT molecular complexity index is 1260. The molecule has 0 amide bonds. The zero-order valence-corrected chi connectivity index (χ0v) is 19.2. The van der Waals surface area contributed by atoms with Gasteiger partial charge in [-0.1, -0.05) is 13.0 Å². The van der Waals surface area contributed by atoms with Gasteiger partial charge in [0, 0.05) is 22.9 Å². The number of nitrogens with zero attached hydrogens (tertiary/aromatic N) is 1. The fraction of sp³-hybridized carbons (Fsp3) is 0.320. The number of aromatic nitrogens is 1. The average molecular weight is 454 g/mol. The zero-order valence-electron chi connectivity index (χ0n) is 18.4. The zero-order chi connectivity index (χ0) is 22.9. The molecule has 3 aromatic rings. The third-order valence-corrected chi connectivity index (χ3v) is 7.19. The van der Waals surface area contributed by atoms with Gasteiger partial charge in [0.15, 0.2) is 0 Å². The predicted molar refractivity (Wildman–Crippen MR) is 126 cm³/mol. The Hall–Kier alpha value is -2.93. The van der Waals surface area contributed by atoms with Crippen LogP contribution in [0, 0.1) is 10.6 Å². The maximum absolute atomic E-state index is 13.9. The van der Waals surface area contributed by atoms with Gasteiger partial charge in [0.2, 0.25) is 0 Å². The molecule has 2 bridgehead atoms. The van der Waals surface area contributed by atoms with Crippen LogP contribution in [0.15, 0.2) is 53.6 Å². The normalized spacial score (nSPS) is 18.4. The fourth-order valence-corrected chi connectivity index (χ4v) is 4.83. The van der Waals surface area contributed by atoms with Crippen molar-refractivity contribution >= 4 is 15.5 Å². The molecule has 1 aliphatic heterocycles. The van der Waals surface area contributed by atoms with Crippen molar-refractivity contribution in [3.8, 4) is 16.9 Å². The van der Waals surface area contributed by atoms with Crippen molar-refractivity contribution in [1.82, 2.24) is 4.98 Å². The molecule has 1 aromatic heterocycles. The summed E-state index contributed by atoms with van der Waals surface area (Å²) in [6, 6.07) is 12.3. The van der Waals surface area contributed by atoms with E-state index in [4.69, 9.17) is 15.3 Å². The minimum Gasteiger partial charge on any atom is -0.493 e. The highest BCUT2D eigenvalue weighted by atomic mass is 32.2. The molecule has 2 atom stereocenters. The van der Waals surface area contributed by atoms with Crippen LogP contribution in [0.1, 0.15) is 42.4 Å². The van der Waals surface area contributed by atoms with E-state index in [1.54, 1.807) is 24.4 Å². The second-order valence-corrected chi connectivity index (χ2v) is 10.7. The second kappa shape index (κ2) is 8.90. The van der Waals surface area contributed by atoms with Gasteiger partial charge in [0.25, 0.3) is 0 Å². The van der Waals surface area contributed by atoms with E-state index in [0.717, 1.165) is 47.1 Å². The van der Waals surface area contributed by atoms with Crippen LogP contribution in [0.3, 0.4) is 0 Å². The molecule has 0 fully saturated rings. The van der Waals surface area contributed by atoms with Crippen LogP contribution in [0.5, 0.6) is 5.75 Å². The SMILES string of the molecule is C[C@H]1CCc2cc(cnc2N)-c2cc(S(C)(=N)=O)ccc2CCCOc2ccc(F)cc21. The number of aryl methyl sites for hydroxylation is 2. The highest BCUT2D eigenvalue weighted by Gasteiger charge is 2.17. The molecule has 7 heteroatoms. The number of nitrogens with two attached hydrogens (primary N) is 1. The first-order valence-corrected chi connectivity index (χ1v) is 12.7. The number of anilines is 1. The number of nitrogen functional groups attached to an aromatic ring is 1. The van der Waals surface area contributed by atoms with Gasteiger partial charge in [0.1, 0.15) is 17.4 Å². The van der Waals surface area contributed by atoms with Crippen LogP contribution in [0.4, 0.5) is 10.2 Å². The standard InChI is InChI=1S/C25H28FN3O2S/c1-16-5-6-18-12-19(15-29-25(18)27)23-14-21(32(2,28)30)9-7-17(23)4-3-11-31-24-10-8-20(26)13-22(16)24/h7-10,12-16,28H,3-6,11H2,1-2H3,(H2,27,29)/t16-,32?/m0/s1. The number of benzene rings is 2. The van der Waals surface area contributed by atoms with E-state index in [0.29, 0.717) is 29.5 Å². The third kappa shape index (κ3) is 4.78. The molecule has 0 aliphatic carbocycles. The first kappa shape index (κ1) is 22.3. The summed E-state index contributed by atoms with van der Waals surface area (Å²) >= 11 is 0. The number of hydrogen-bond donors (Lipinski definition) is 2. The van der Waals surface area contributed by atoms with Crippen LogP contribution < -0.4 is 10.5 Å². The lowest BCUT2D eigenvalue weighted by Gasteiger charge is -2.19. The van der Waals surface area contributed by atoms with E-state index in [2.05, 4.69) is 11.9 Å². The van der Waals surface area contributed by atoms with E-state index in [1.165, 1.54) is 12.3 Å². The Kier molecular flexibility index (Phi) is 6.20. The first-order valence-electron chi connectivity index (χ1n) is 10.8. The first-order chi connectivity index (χ1) is 15.2. The van der Waals surface area contributed by atoms with Crippen LogP contribution in [0.25, 0.3) is 11.1 Å². The quantitative estimate of drug-likeness (QED) is 0.504. The van der Waals surface area contributed by atoms with Gasteiger partial charge in [-0.25, -0.2) is 18.4 Å². The Balaban J connectivity index is 1.79. The van der Waals surface area contributed by atoms with Crippen LogP contribution >= 0.6 is 0 Å². The summed E-state index contributed by atoms with van der Waals surface area (Å²) in [5.74, 6) is 1.00. The van der Waals surface area contributed by atoms with E-state index >= 15 is 0 Å². The lowest BCUT2D eigenvalue weighted by molar-refractivity contribution is 0.305. The number of halogens is 1. The summed E-state index contributed by atoms with van der Waals surface area (Å²) in [7, 11) is -2.84.